The fourth-order valence-corrected chi connectivity index (χ4v) is 2.27. The molecule has 15 heavy (non-hydrogen) atoms. The van der Waals surface area contributed by atoms with Gasteiger partial charge in [0.15, 0.2) is 0 Å². The fourth-order valence-electron chi connectivity index (χ4n) is 2.27. The number of piperidine rings is 1. The summed E-state index contributed by atoms with van der Waals surface area (Å²) in [5, 5.41) is 8.84. The van der Waals surface area contributed by atoms with Crippen molar-refractivity contribution in [3.63, 3.8) is 0 Å². The van der Waals surface area contributed by atoms with Crippen LogP contribution in [0.5, 0.6) is 0 Å². The van der Waals surface area contributed by atoms with Crippen LogP contribution >= 0.6 is 0 Å². The van der Waals surface area contributed by atoms with Gasteiger partial charge in [0, 0.05) is 19.6 Å². The van der Waals surface area contributed by atoms with Gasteiger partial charge in [0.25, 0.3) is 0 Å². The van der Waals surface area contributed by atoms with E-state index in [4.69, 9.17) is 5.11 Å². The third-order valence-electron chi connectivity index (χ3n) is 3.13. The lowest BCUT2D eigenvalue weighted by molar-refractivity contribution is 0.133. The average Bonchev–Trinajstić information content (AvgIpc) is 2.22. The molecule has 0 aliphatic carbocycles. The van der Waals surface area contributed by atoms with Crippen LogP contribution in [0, 0.1) is 5.92 Å². The standard InChI is InChI=1S/C12H24N2O/c1-3-6-13(2)11-12-4-7-14(8-5-12)9-10-15/h3,12,15H,1,4-11H2,2H3. The quantitative estimate of drug-likeness (QED) is 0.660. The zero-order valence-electron chi connectivity index (χ0n) is 9.86. The maximum Gasteiger partial charge on any atom is 0.0558 e. The van der Waals surface area contributed by atoms with Crippen LogP contribution in [-0.2, 0) is 0 Å². The van der Waals surface area contributed by atoms with Crippen molar-refractivity contribution < 1.29 is 5.11 Å². The molecule has 0 aromatic rings. The van der Waals surface area contributed by atoms with Crippen molar-refractivity contribution in [2.75, 3.05) is 46.4 Å². The second kappa shape index (κ2) is 6.99. The smallest absolute Gasteiger partial charge is 0.0558 e. The molecule has 1 saturated heterocycles. The number of hydrogen-bond donors (Lipinski definition) is 1. The number of aliphatic hydroxyl groups excluding tert-OH is 1. The van der Waals surface area contributed by atoms with Gasteiger partial charge in [-0.05, 0) is 38.9 Å². The van der Waals surface area contributed by atoms with E-state index in [0.717, 1.165) is 32.1 Å². The molecule has 0 radical (unpaired) electrons. The Labute approximate surface area is 93.4 Å². The van der Waals surface area contributed by atoms with Gasteiger partial charge in [0.05, 0.1) is 6.61 Å². The first-order valence-electron chi connectivity index (χ1n) is 5.89. The molecule has 3 nitrogen and oxygen atoms in total. The highest BCUT2D eigenvalue weighted by Gasteiger charge is 2.19. The Bertz CT molecular complexity index is 176. The van der Waals surface area contributed by atoms with Gasteiger partial charge in [-0.3, -0.25) is 0 Å². The Morgan fingerprint density at radius 2 is 2.13 bits per heavy atom. The Morgan fingerprint density at radius 3 is 2.67 bits per heavy atom. The molecule has 0 spiro atoms. The van der Waals surface area contributed by atoms with Gasteiger partial charge < -0.3 is 14.9 Å². The highest BCUT2D eigenvalue weighted by molar-refractivity contribution is 4.77. The average molecular weight is 212 g/mol. The predicted molar refractivity (Wildman–Crippen MR) is 63.9 cm³/mol. The van der Waals surface area contributed by atoms with E-state index >= 15 is 0 Å². The van der Waals surface area contributed by atoms with Gasteiger partial charge in [-0.1, -0.05) is 6.08 Å². The zero-order chi connectivity index (χ0) is 11.1. The van der Waals surface area contributed by atoms with Crippen LogP contribution in [0.4, 0.5) is 0 Å². The first kappa shape index (κ1) is 12.7. The van der Waals surface area contributed by atoms with Crippen molar-refractivity contribution in [2.24, 2.45) is 5.92 Å². The molecule has 0 aromatic heterocycles. The van der Waals surface area contributed by atoms with Crippen LogP contribution in [0.3, 0.4) is 0 Å². The zero-order valence-corrected chi connectivity index (χ0v) is 9.86. The number of hydrogen-bond acceptors (Lipinski definition) is 3. The van der Waals surface area contributed by atoms with Gasteiger partial charge in [-0.2, -0.15) is 0 Å². The molecule has 0 atom stereocenters. The molecule has 0 amide bonds. The lowest BCUT2D eigenvalue weighted by Gasteiger charge is -2.33. The van der Waals surface area contributed by atoms with Crippen molar-refractivity contribution in [3.8, 4) is 0 Å². The van der Waals surface area contributed by atoms with Crippen molar-refractivity contribution in [3.05, 3.63) is 12.7 Å². The molecule has 88 valence electrons. The summed E-state index contributed by atoms with van der Waals surface area (Å²) in [7, 11) is 2.15. The number of β-amino-alcohol motifs (C(OH)–C–C–N with tert-alkyl or cyclic N) is 1. The minimum Gasteiger partial charge on any atom is -0.395 e. The van der Waals surface area contributed by atoms with Crippen molar-refractivity contribution in [2.45, 2.75) is 12.8 Å². The number of likely N-dealkylation sites (tertiary alicyclic amines) is 1. The van der Waals surface area contributed by atoms with Crippen LogP contribution in [-0.4, -0.2) is 61.3 Å². The molecule has 0 unspecified atom stereocenters. The monoisotopic (exact) mass is 212 g/mol. The molecule has 0 bridgehead atoms. The lowest BCUT2D eigenvalue weighted by Crippen LogP contribution is -2.39. The third kappa shape index (κ3) is 4.78. The fraction of sp³-hybridized carbons (Fsp3) is 0.833. The molecule has 0 aromatic carbocycles. The number of rotatable bonds is 6. The summed E-state index contributed by atoms with van der Waals surface area (Å²) in [6, 6.07) is 0. The van der Waals surface area contributed by atoms with E-state index in [1.54, 1.807) is 0 Å². The lowest BCUT2D eigenvalue weighted by atomic mass is 9.96. The summed E-state index contributed by atoms with van der Waals surface area (Å²) in [5.74, 6) is 0.824. The van der Waals surface area contributed by atoms with Crippen LogP contribution in [0.2, 0.25) is 0 Å². The number of nitrogens with zero attached hydrogens (tertiary/aromatic N) is 2. The van der Waals surface area contributed by atoms with Crippen LogP contribution < -0.4 is 0 Å². The minimum atomic E-state index is 0.293. The molecule has 0 saturated carbocycles. The maximum absolute atomic E-state index is 8.84. The van der Waals surface area contributed by atoms with Gasteiger partial charge >= 0.3 is 0 Å². The van der Waals surface area contributed by atoms with E-state index in [-0.39, 0.29) is 0 Å². The Balaban J connectivity index is 2.16. The second-order valence-corrected chi connectivity index (χ2v) is 4.52. The largest absolute Gasteiger partial charge is 0.395 e. The Morgan fingerprint density at radius 1 is 1.47 bits per heavy atom. The van der Waals surface area contributed by atoms with Gasteiger partial charge in [-0.15, -0.1) is 6.58 Å². The van der Waals surface area contributed by atoms with Crippen LogP contribution in [0.25, 0.3) is 0 Å². The SMILES string of the molecule is C=CCN(C)CC1CCN(CCO)CC1. The molecule has 1 heterocycles. The summed E-state index contributed by atoms with van der Waals surface area (Å²) < 4.78 is 0. The van der Waals surface area contributed by atoms with E-state index in [0.29, 0.717) is 6.61 Å². The van der Waals surface area contributed by atoms with E-state index in [1.165, 1.54) is 19.4 Å². The summed E-state index contributed by atoms with van der Waals surface area (Å²) in [6.07, 6.45) is 4.49. The highest BCUT2D eigenvalue weighted by atomic mass is 16.3. The van der Waals surface area contributed by atoms with Crippen molar-refractivity contribution in [1.29, 1.82) is 0 Å². The number of likely N-dealkylation sites (N-methyl/N-ethyl adjacent to an activating group) is 1. The van der Waals surface area contributed by atoms with Crippen molar-refractivity contribution >= 4 is 0 Å². The number of aliphatic hydroxyl groups is 1. The summed E-state index contributed by atoms with van der Waals surface area (Å²) in [6.45, 7) is 9.34. The second-order valence-electron chi connectivity index (χ2n) is 4.52. The van der Waals surface area contributed by atoms with Gasteiger partial charge in [0.1, 0.15) is 0 Å². The van der Waals surface area contributed by atoms with E-state index in [9.17, 15) is 0 Å². The van der Waals surface area contributed by atoms with Gasteiger partial charge in [-0.25, -0.2) is 0 Å². The molecule has 1 rings (SSSR count). The molecule has 1 aliphatic heterocycles. The van der Waals surface area contributed by atoms with Crippen LogP contribution in [0.15, 0.2) is 12.7 Å². The summed E-state index contributed by atoms with van der Waals surface area (Å²) in [5.41, 5.74) is 0. The molecule has 1 N–H and O–H groups in total. The first-order chi connectivity index (χ1) is 7.26. The summed E-state index contributed by atoms with van der Waals surface area (Å²) >= 11 is 0. The Hall–Kier alpha value is -0.380. The first-order valence-corrected chi connectivity index (χ1v) is 5.89. The molecule has 3 heteroatoms. The van der Waals surface area contributed by atoms with E-state index in [1.807, 2.05) is 6.08 Å². The van der Waals surface area contributed by atoms with Crippen LogP contribution in [0.1, 0.15) is 12.8 Å². The topological polar surface area (TPSA) is 26.7 Å². The maximum atomic E-state index is 8.84. The van der Waals surface area contributed by atoms with Gasteiger partial charge in [0.2, 0.25) is 0 Å². The molecular weight excluding hydrogens is 188 g/mol. The highest BCUT2D eigenvalue weighted by Crippen LogP contribution is 2.17. The van der Waals surface area contributed by atoms with Crippen molar-refractivity contribution in [1.82, 2.24) is 9.80 Å². The Kier molecular flexibility index (Phi) is 5.91. The normalized spacial score (nSPS) is 19.7. The van der Waals surface area contributed by atoms with E-state index in [2.05, 4.69) is 23.4 Å². The molecule has 1 aliphatic rings. The van der Waals surface area contributed by atoms with E-state index < -0.39 is 0 Å². The molecule has 1 fully saturated rings. The minimum absolute atomic E-state index is 0.293. The predicted octanol–water partition coefficient (Wildman–Crippen LogP) is 0.808. The third-order valence-corrected chi connectivity index (χ3v) is 3.13. The molecular formula is C12H24N2O. The summed E-state index contributed by atoms with van der Waals surface area (Å²) in [4.78, 5) is 4.68.